The van der Waals surface area contributed by atoms with Crippen molar-refractivity contribution in [3.63, 3.8) is 0 Å². The van der Waals surface area contributed by atoms with Gasteiger partial charge in [0, 0.05) is 0 Å². The number of carbonyl (C=O) groups excluding carboxylic acids is 2. The predicted molar refractivity (Wildman–Crippen MR) is 117 cm³/mol. The molecule has 164 valence electrons. The minimum Gasteiger partial charge on any atom is -0.490 e. The van der Waals surface area contributed by atoms with Crippen LogP contribution < -0.4 is 19.6 Å². The van der Waals surface area contributed by atoms with E-state index in [-0.39, 0.29) is 12.4 Å². The number of hydrazone groups is 1. The lowest BCUT2D eigenvalue weighted by atomic mass is 10.2. The zero-order valence-corrected chi connectivity index (χ0v) is 17.3. The Labute approximate surface area is 184 Å². The molecule has 0 aliphatic rings. The number of nitrogens with one attached hydrogen (secondary N) is 1. The smallest absolute Gasteiger partial charge is 0.343 e. The summed E-state index contributed by atoms with van der Waals surface area (Å²) in [6.45, 7) is 1.90. The van der Waals surface area contributed by atoms with Crippen molar-refractivity contribution in [3.05, 3.63) is 89.7 Å². The molecular weight excluding hydrogens is 415 g/mol. The van der Waals surface area contributed by atoms with Crippen LogP contribution in [0.5, 0.6) is 17.2 Å². The molecule has 3 aromatic rings. The van der Waals surface area contributed by atoms with Crippen LogP contribution in [0.3, 0.4) is 0 Å². The standard InChI is InChI=1S/C24H21FN2O5/c1-2-30-22-14-17(8-13-21(22)32-24(29)18-6-4-3-5-7-18)15-26-27-23(28)16-31-20-11-9-19(25)10-12-20/h3-15H,2,16H2,1H3,(H,27,28)/b26-15+. The van der Waals surface area contributed by atoms with Gasteiger partial charge in [-0.05, 0) is 67.1 Å². The van der Waals surface area contributed by atoms with E-state index in [0.717, 1.165) is 0 Å². The summed E-state index contributed by atoms with van der Waals surface area (Å²) in [6.07, 6.45) is 1.42. The van der Waals surface area contributed by atoms with Crippen LogP contribution in [0.4, 0.5) is 4.39 Å². The van der Waals surface area contributed by atoms with Gasteiger partial charge in [0.15, 0.2) is 18.1 Å². The fourth-order valence-corrected chi connectivity index (χ4v) is 2.58. The van der Waals surface area contributed by atoms with Crippen LogP contribution in [0, 0.1) is 5.82 Å². The van der Waals surface area contributed by atoms with E-state index < -0.39 is 17.7 Å². The molecule has 0 saturated carbocycles. The van der Waals surface area contributed by atoms with Gasteiger partial charge in [-0.1, -0.05) is 18.2 Å². The Morgan fingerprint density at radius 1 is 0.969 bits per heavy atom. The number of hydrogen-bond acceptors (Lipinski definition) is 6. The summed E-state index contributed by atoms with van der Waals surface area (Å²) in [5, 5.41) is 3.88. The highest BCUT2D eigenvalue weighted by molar-refractivity contribution is 5.91. The topological polar surface area (TPSA) is 86.2 Å². The average molecular weight is 436 g/mol. The Hall–Kier alpha value is -4.20. The van der Waals surface area contributed by atoms with E-state index in [0.29, 0.717) is 29.2 Å². The highest BCUT2D eigenvalue weighted by Crippen LogP contribution is 2.29. The summed E-state index contributed by atoms with van der Waals surface area (Å²) in [7, 11) is 0. The van der Waals surface area contributed by atoms with Crippen molar-refractivity contribution in [3.8, 4) is 17.2 Å². The zero-order chi connectivity index (χ0) is 22.8. The number of rotatable bonds is 9. The Balaban J connectivity index is 1.58. The van der Waals surface area contributed by atoms with Gasteiger partial charge >= 0.3 is 5.97 Å². The lowest BCUT2D eigenvalue weighted by molar-refractivity contribution is -0.123. The van der Waals surface area contributed by atoms with Crippen molar-refractivity contribution in [2.24, 2.45) is 5.10 Å². The largest absolute Gasteiger partial charge is 0.490 e. The molecule has 0 aliphatic carbocycles. The molecular formula is C24H21FN2O5. The molecule has 0 bridgehead atoms. The molecule has 0 aliphatic heterocycles. The quantitative estimate of drug-likeness (QED) is 0.237. The molecule has 7 nitrogen and oxygen atoms in total. The second kappa shape index (κ2) is 11.3. The van der Waals surface area contributed by atoms with Gasteiger partial charge in [0.05, 0.1) is 18.4 Å². The molecule has 0 atom stereocenters. The van der Waals surface area contributed by atoms with Crippen LogP contribution in [0.25, 0.3) is 0 Å². The molecule has 0 spiro atoms. The number of carbonyl (C=O) groups is 2. The van der Waals surface area contributed by atoms with Crippen molar-refractivity contribution in [2.75, 3.05) is 13.2 Å². The number of nitrogens with zero attached hydrogens (tertiary/aromatic N) is 1. The summed E-state index contributed by atoms with van der Waals surface area (Å²) in [6, 6.07) is 18.8. The van der Waals surface area contributed by atoms with Gasteiger partial charge in [0.25, 0.3) is 5.91 Å². The first-order valence-corrected chi connectivity index (χ1v) is 9.79. The van der Waals surface area contributed by atoms with E-state index in [1.807, 2.05) is 13.0 Å². The summed E-state index contributed by atoms with van der Waals surface area (Å²) in [5.74, 6) is -0.363. The number of halogens is 1. The third-order valence-electron chi connectivity index (χ3n) is 4.07. The van der Waals surface area contributed by atoms with Crippen LogP contribution >= 0.6 is 0 Å². The van der Waals surface area contributed by atoms with E-state index >= 15 is 0 Å². The van der Waals surface area contributed by atoms with Gasteiger partial charge in [-0.3, -0.25) is 4.79 Å². The highest BCUT2D eigenvalue weighted by Gasteiger charge is 2.13. The lowest BCUT2D eigenvalue weighted by Gasteiger charge is -2.11. The van der Waals surface area contributed by atoms with Gasteiger partial charge in [-0.25, -0.2) is 14.6 Å². The summed E-state index contributed by atoms with van der Waals surface area (Å²) < 4.78 is 29.1. The van der Waals surface area contributed by atoms with E-state index in [1.165, 1.54) is 30.5 Å². The molecule has 0 radical (unpaired) electrons. The number of amides is 1. The molecule has 0 heterocycles. The van der Waals surface area contributed by atoms with E-state index in [2.05, 4.69) is 10.5 Å². The molecule has 0 fully saturated rings. The molecule has 1 amide bonds. The van der Waals surface area contributed by atoms with E-state index in [4.69, 9.17) is 14.2 Å². The van der Waals surface area contributed by atoms with Crippen LogP contribution in [-0.4, -0.2) is 31.3 Å². The Morgan fingerprint density at radius 3 is 2.44 bits per heavy atom. The lowest BCUT2D eigenvalue weighted by Crippen LogP contribution is -2.24. The van der Waals surface area contributed by atoms with Gasteiger partial charge in [-0.15, -0.1) is 0 Å². The fourth-order valence-electron chi connectivity index (χ4n) is 2.58. The van der Waals surface area contributed by atoms with Crippen LogP contribution in [0.2, 0.25) is 0 Å². The van der Waals surface area contributed by atoms with Gasteiger partial charge in [0.1, 0.15) is 11.6 Å². The maximum absolute atomic E-state index is 12.9. The molecule has 0 unspecified atom stereocenters. The monoisotopic (exact) mass is 436 g/mol. The second-order valence-corrected chi connectivity index (χ2v) is 6.43. The first kappa shape index (κ1) is 22.5. The molecule has 1 N–H and O–H groups in total. The average Bonchev–Trinajstić information content (AvgIpc) is 2.81. The van der Waals surface area contributed by atoms with E-state index in [9.17, 15) is 14.0 Å². The van der Waals surface area contributed by atoms with Crippen LogP contribution in [0.15, 0.2) is 77.9 Å². The highest BCUT2D eigenvalue weighted by atomic mass is 19.1. The maximum atomic E-state index is 12.9. The van der Waals surface area contributed by atoms with Gasteiger partial charge in [-0.2, -0.15) is 5.10 Å². The minimum absolute atomic E-state index is 0.273. The first-order valence-electron chi connectivity index (χ1n) is 9.79. The number of hydrogen-bond donors (Lipinski definition) is 1. The Morgan fingerprint density at radius 2 is 1.72 bits per heavy atom. The number of ether oxygens (including phenoxy) is 3. The first-order chi connectivity index (χ1) is 15.5. The summed E-state index contributed by atoms with van der Waals surface area (Å²) in [4.78, 5) is 24.1. The van der Waals surface area contributed by atoms with Crippen LogP contribution in [0.1, 0.15) is 22.8 Å². The SMILES string of the molecule is CCOc1cc(/C=N/NC(=O)COc2ccc(F)cc2)ccc1OC(=O)c1ccccc1. The Kier molecular flexibility index (Phi) is 7.91. The van der Waals surface area contributed by atoms with Crippen molar-refractivity contribution < 1.29 is 28.2 Å². The van der Waals surface area contributed by atoms with Gasteiger partial charge < -0.3 is 14.2 Å². The van der Waals surface area contributed by atoms with Crippen LogP contribution in [-0.2, 0) is 4.79 Å². The third kappa shape index (κ3) is 6.66. The second-order valence-electron chi connectivity index (χ2n) is 6.43. The third-order valence-corrected chi connectivity index (χ3v) is 4.07. The van der Waals surface area contributed by atoms with E-state index in [1.54, 1.807) is 42.5 Å². The van der Waals surface area contributed by atoms with Crippen molar-refractivity contribution in [1.82, 2.24) is 5.43 Å². The maximum Gasteiger partial charge on any atom is 0.343 e. The minimum atomic E-state index is -0.499. The number of esters is 1. The molecule has 0 aromatic heterocycles. The molecule has 0 saturated heterocycles. The van der Waals surface area contributed by atoms with Crippen molar-refractivity contribution >= 4 is 18.1 Å². The van der Waals surface area contributed by atoms with Crippen molar-refractivity contribution in [1.29, 1.82) is 0 Å². The summed E-state index contributed by atoms with van der Waals surface area (Å²) in [5.41, 5.74) is 3.38. The molecule has 3 aromatic carbocycles. The summed E-state index contributed by atoms with van der Waals surface area (Å²) >= 11 is 0. The zero-order valence-electron chi connectivity index (χ0n) is 17.3. The predicted octanol–water partition coefficient (Wildman–Crippen LogP) is 3.97. The number of benzene rings is 3. The molecule has 8 heteroatoms. The molecule has 32 heavy (non-hydrogen) atoms. The normalized spacial score (nSPS) is 10.6. The van der Waals surface area contributed by atoms with Crippen molar-refractivity contribution in [2.45, 2.75) is 6.92 Å². The van der Waals surface area contributed by atoms with Gasteiger partial charge in [0.2, 0.25) is 0 Å². The fraction of sp³-hybridized carbons (Fsp3) is 0.125. The molecule has 3 rings (SSSR count). The Bertz CT molecular complexity index is 1090.